The largest absolute Gasteiger partial charge is 0.490 e. The second-order valence-electron chi connectivity index (χ2n) is 4.88. The van der Waals surface area contributed by atoms with Crippen LogP contribution >= 0.6 is 0 Å². The van der Waals surface area contributed by atoms with Gasteiger partial charge in [0.05, 0.1) is 11.7 Å². The molecule has 2 rings (SSSR count). The second-order valence-corrected chi connectivity index (χ2v) is 4.88. The lowest BCUT2D eigenvalue weighted by atomic mass is 9.99. The first-order valence-corrected chi connectivity index (χ1v) is 6.60. The Bertz CT molecular complexity index is 406. The summed E-state index contributed by atoms with van der Waals surface area (Å²) in [5.74, 6) is 0.706. The maximum atomic E-state index is 12.4. The van der Waals surface area contributed by atoms with Crippen LogP contribution in [0.3, 0.4) is 0 Å². The molecule has 0 radical (unpaired) electrons. The highest BCUT2D eigenvalue weighted by Crippen LogP contribution is 2.24. The number of carbonyl (C=O) groups is 1. The SMILES string of the molecule is CC(C)Oc1ccccc1C(=O)C1CCCCO1. The minimum Gasteiger partial charge on any atom is -0.490 e. The summed E-state index contributed by atoms with van der Waals surface area (Å²) in [4.78, 5) is 12.4. The van der Waals surface area contributed by atoms with Crippen molar-refractivity contribution in [1.82, 2.24) is 0 Å². The van der Waals surface area contributed by atoms with Gasteiger partial charge in [-0.25, -0.2) is 0 Å². The zero-order valence-electron chi connectivity index (χ0n) is 11.0. The molecule has 3 heteroatoms. The third kappa shape index (κ3) is 3.10. The van der Waals surface area contributed by atoms with Crippen molar-refractivity contribution < 1.29 is 14.3 Å². The van der Waals surface area contributed by atoms with E-state index in [9.17, 15) is 4.79 Å². The average Bonchev–Trinajstić information content (AvgIpc) is 2.39. The third-order valence-electron chi connectivity index (χ3n) is 2.99. The van der Waals surface area contributed by atoms with Crippen LogP contribution in [0.15, 0.2) is 24.3 Å². The Labute approximate surface area is 108 Å². The molecule has 18 heavy (non-hydrogen) atoms. The molecule has 1 unspecified atom stereocenters. The summed E-state index contributed by atoms with van der Waals surface area (Å²) < 4.78 is 11.2. The quantitative estimate of drug-likeness (QED) is 0.767. The first kappa shape index (κ1) is 13.1. The molecule has 1 aliphatic rings. The number of rotatable bonds is 4. The fourth-order valence-corrected chi connectivity index (χ4v) is 2.15. The number of ether oxygens (including phenoxy) is 2. The number of ketones is 1. The van der Waals surface area contributed by atoms with Gasteiger partial charge < -0.3 is 9.47 Å². The molecule has 0 amide bonds. The third-order valence-corrected chi connectivity index (χ3v) is 2.99. The molecule has 0 saturated carbocycles. The van der Waals surface area contributed by atoms with E-state index in [0.29, 0.717) is 17.9 Å². The highest BCUT2D eigenvalue weighted by molar-refractivity contribution is 6.01. The predicted molar refractivity (Wildman–Crippen MR) is 70.1 cm³/mol. The van der Waals surface area contributed by atoms with Crippen molar-refractivity contribution in [3.05, 3.63) is 29.8 Å². The lowest BCUT2D eigenvalue weighted by Crippen LogP contribution is -2.28. The van der Waals surface area contributed by atoms with E-state index in [2.05, 4.69) is 0 Å². The van der Waals surface area contributed by atoms with Crippen molar-refractivity contribution in [3.63, 3.8) is 0 Å². The Balaban J connectivity index is 2.18. The minimum atomic E-state index is -0.296. The zero-order chi connectivity index (χ0) is 13.0. The number of carbonyl (C=O) groups excluding carboxylic acids is 1. The van der Waals surface area contributed by atoms with Crippen LogP contribution in [0.2, 0.25) is 0 Å². The van der Waals surface area contributed by atoms with Crippen molar-refractivity contribution in [2.24, 2.45) is 0 Å². The monoisotopic (exact) mass is 248 g/mol. The van der Waals surface area contributed by atoms with E-state index in [1.165, 1.54) is 0 Å². The predicted octanol–water partition coefficient (Wildman–Crippen LogP) is 3.23. The highest BCUT2D eigenvalue weighted by atomic mass is 16.5. The van der Waals surface area contributed by atoms with E-state index in [-0.39, 0.29) is 18.0 Å². The van der Waals surface area contributed by atoms with E-state index in [0.717, 1.165) is 19.3 Å². The summed E-state index contributed by atoms with van der Waals surface area (Å²) >= 11 is 0. The van der Waals surface area contributed by atoms with Crippen LogP contribution < -0.4 is 4.74 Å². The molecule has 1 saturated heterocycles. The molecule has 1 atom stereocenters. The number of hydrogen-bond acceptors (Lipinski definition) is 3. The van der Waals surface area contributed by atoms with Gasteiger partial charge in [0.25, 0.3) is 0 Å². The van der Waals surface area contributed by atoms with Gasteiger partial charge in [-0.05, 0) is 45.2 Å². The van der Waals surface area contributed by atoms with Gasteiger partial charge in [0.1, 0.15) is 11.9 Å². The number of Topliss-reactive ketones (excluding diaryl/α,β-unsaturated/α-hetero) is 1. The van der Waals surface area contributed by atoms with Crippen molar-refractivity contribution in [1.29, 1.82) is 0 Å². The molecule has 1 fully saturated rings. The van der Waals surface area contributed by atoms with E-state index < -0.39 is 0 Å². The van der Waals surface area contributed by atoms with Crippen molar-refractivity contribution in [2.45, 2.75) is 45.3 Å². The highest BCUT2D eigenvalue weighted by Gasteiger charge is 2.25. The van der Waals surface area contributed by atoms with Crippen LogP contribution in [0.5, 0.6) is 5.75 Å². The Kier molecular flexibility index (Phi) is 4.37. The number of benzene rings is 1. The normalized spacial score (nSPS) is 19.8. The van der Waals surface area contributed by atoms with Crippen LogP contribution in [0.4, 0.5) is 0 Å². The van der Waals surface area contributed by atoms with Gasteiger partial charge in [0, 0.05) is 6.61 Å². The van der Waals surface area contributed by atoms with Crippen LogP contribution in [-0.4, -0.2) is 24.6 Å². The summed E-state index contributed by atoms with van der Waals surface area (Å²) in [6, 6.07) is 7.41. The van der Waals surface area contributed by atoms with Crippen molar-refractivity contribution in [3.8, 4) is 5.75 Å². The van der Waals surface area contributed by atoms with E-state index in [4.69, 9.17) is 9.47 Å². The minimum absolute atomic E-state index is 0.0472. The summed E-state index contributed by atoms with van der Waals surface area (Å²) in [6.07, 6.45) is 2.69. The summed E-state index contributed by atoms with van der Waals surface area (Å²) in [6.45, 7) is 4.60. The summed E-state index contributed by atoms with van der Waals surface area (Å²) in [5, 5.41) is 0. The molecule has 0 spiro atoms. The molecule has 1 aromatic carbocycles. The molecule has 0 bridgehead atoms. The summed E-state index contributed by atoms with van der Waals surface area (Å²) in [5.41, 5.74) is 0.637. The average molecular weight is 248 g/mol. The van der Waals surface area contributed by atoms with Gasteiger partial charge in [0.15, 0.2) is 5.78 Å². The van der Waals surface area contributed by atoms with Gasteiger partial charge in [-0.2, -0.15) is 0 Å². The Morgan fingerprint density at radius 1 is 1.33 bits per heavy atom. The summed E-state index contributed by atoms with van der Waals surface area (Å²) in [7, 11) is 0. The molecule has 1 aromatic rings. The van der Waals surface area contributed by atoms with Crippen LogP contribution in [-0.2, 0) is 4.74 Å². The molecule has 98 valence electrons. The van der Waals surface area contributed by atoms with Gasteiger partial charge in [-0.3, -0.25) is 4.79 Å². The molecular weight excluding hydrogens is 228 g/mol. The van der Waals surface area contributed by atoms with Crippen LogP contribution in [0.25, 0.3) is 0 Å². The fraction of sp³-hybridized carbons (Fsp3) is 0.533. The lowest BCUT2D eigenvalue weighted by Gasteiger charge is -2.22. The van der Waals surface area contributed by atoms with Gasteiger partial charge in [-0.15, -0.1) is 0 Å². The fourth-order valence-electron chi connectivity index (χ4n) is 2.15. The molecule has 0 N–H and O–H groups in total. The van der Waals surface area contributed by atoms with Crippen LogP contribution in [0.1, 0.15) is 43.5 Å². The lowest BCUT2D eigenvalue weighted by molar-refractivity contribution is 0.0183. The van der Waals surface area contributed by atoms with Crippen molar-refractivity contribution >= 4 is 5.78 Å². The Morgan fingerprint density at radius 3 is 2.78 bits per heavy atom. The second kappa shape index (κ2) is 6.01. The Hall–Kier alpha value is -1.35. The smallest absolute Gasteiger partial charge is 0.195 e. The van der Waals surface area contributed by atoms with Gasteiger partial charge >= 0.3 is 0 Å². The first-order valence-electron chi connectivity index (χ1n) is 6.60. The maximum absolute atomic E-state index is 12.4. The number of hydrogen-bond donors (Lipinski definition) is 0. The standard InChI is InChI=1S/C15H20O3/c1-11(2)18-13-8-4-3-7-12(13)15(16)14-9-5-6-10-17-14/h3-4,7-8,11,14H,5-6,9-10H2,1-2H3. The van der Waals surface area contributed by atoms with E-state index in [1.807, 2.05) is 38.1 Å². The molecule has 3 nitrogen and oxygen atoms in total. The zero-order valence-corrected chi connectivity index (χ0v) is 11.0. The van der Waals surface area contributed by atoms with E-state index >= 15 is 0 Å². The molecule has 0 aromatic heterocycles. The van der Waals surface area contributed by atoms with Gasteiger partial charge in [0.2, 0.25) is 0 Å². The molecule has 1 heterocycles. The van der Waals surface area contributed by atoms with E-state index in [1.54, 1.807) is 0 Å². The van der Waals surface area contributed by atoms with Crippen molar-refractivity contribution in [2.75, 3.05) is 6.61 Å². The van der Waals surface area contributed by atoms with Crippen LogP contribution in [0, 0.1) is 0 Å². The topological polar surface area (TPSA) is 35.5 Å². The molecular formula is C15H20O3. The molecule has 0 aliphatic carbocycles. The Morgan fingerprint density at radius 2 is 2.11 bits per heavy atom. The first-order chi connectivity index (χ1) is 8.68. The number of para-hydroxylation sites is 1. The molecule has 1 aliphatic heterocycles. The van der Waals surface area contributed by atoms with Gasteiger partial charge in [-0.1, -0.05) is 12.1 Å². The maximum Gasteiger partial charge on any atom is 0.195 e.